The van der Waals surface area contributed by atoms with E-state index in [0.717, 1.165) is 22.4 Å². The molecule has 2 aromatic rings. The van der Waals surface area contributed by atoms with Crippen LogP contribution in [0.25, 0.3) is 10.7 Å². The van der Waals surface area contributed by atoms with Gasteiger partial charge in [0, 0.05) is 17.6 Å². The van der Waals surface area contributed by atoms with E-state index in [1.807, 2.05) is 11.4 Å². The van der Waals surface area contributed by atoms with Gasteiger partial charge in [-0.15, -0.1) is 11.3 Å². The van der Waals surface area contributed by atoms with Gasteiger partial charge in [0.1, 0.15) is 0 Å². The Bertz CT molecular complexity index is 588. The molecular formula is C11H10BrClN4OS. The van der Waals surface area contributed by atoms with E-state index in [-0.39, 0.29) is 5.28 Å². The average Bonchev–Trinajstić information content (AvgIpc) is 2.85. The summed E-state index contributed by atoms with van der Waals surface area (Å²) < 4.78 is 6.29. The minimum absolute atomic E-state index is 0.215. The predicted octanol–water partition coefficient (Wildman–Crippen LogP) is 2.85. The highest BCUT2D eigenvalue weighted by molar-refractivity contribution is 9.10. The van der Waals surface area contributed by atoms with Gasteiger partial charge < -0.3 is 9.64 Å². The van der Waals surface area contributed by atoms with Crippen LogP contribution in [0, 0.1) is 0 Å². The van der Waals surface area contributed by atoms with Gasteiger partial charge in [-0.2, -0.15) is 15.0 Å². The molecule has 1 aliphatic rings. The van der Waals surface area contributed by atoms with Crippen LogP contribution in [0.15, 0.2) is 15.9 Å². The van der Waals surface area contributed by atoms with Gasteiger partial charge in [-0.1, -0.05) is 0 Å². The highest BCUT2D eigenvalue weighted by Gasteiger charge is 2.17. The van der Waals surface area contributed by atoms with Gasteiger partial charge in [0.2, 0.25) is 11.2 Å². The van der Waals surface area contributed by atoms with Crippen molar-refractivity contribution in [2.24, 2.45) is 0 Å². The lowest BCUT2D eigenvalue weighted by Gasteiger charge is -2.26. The molecular weight excluding hydrogens is 352 g/mol. The second-order valence-corrected chi connectivity index (χ2v) is 6.03. The third-order valence-electron chi connectivity index (χ3n) is 2.71. The third kappa shape index (κ3) is 2.89. The number of aromatic nitrogens is 3. The smallest absolute Gasteiger partial charge is 0.230 e. The first kappa shape index (κ1) is 13.2. The molecule has 0 spiro atoms. The van der Waals surface area contributed by atoms with Crippen molar-refractivity contribution in [3.8, 4) is 10.7 Å². The summed E-state index contributed by atoms with van der Waals surface area (Å²) in [6.07, 6.45) is 0. The minimum Gasteiger partial charge on any atom is -0.378 e. The van der Waals surface area contributed by atoms with E-state index in [4.69, 9.17) is 16.3 Å². The molecule has 0 amide bonds. The van der Waals surface area contributed by atoms with Gasteiger partial charge in [-0.05, 0) is 39.0 Å². The zero-order valence-electron chi connectivity index (χ0n) is 9.84. The first-order valence-corrected chi connectivity index (χ1v) is 7.77. The summed E-state index contributed by atoms with van der Waals surface area (Å²) in [6.45, 7) is 2.90. The Morgan fingerprint density at radius 1 is 1.26 bits per heavy atom. The summed E-state index contributed by atoms with van der Waals surface area (Å²) in [5, 5.41) is 2.19. The van der Waals surface area contributed by atoms with Gasteiger partial charge in [0.15, 0.2) is 5.82 Å². The highest BCUT2D eigenvalue weighted by atomic mass is 79.9. The Hall–Kier alpha value is -0.760. The average molecular weight is 362 g/mol. The van der Waals surface area contributed by atoms with Crippen LogP contribution in [0.2, 0.25) is 5.28 Å². The second-order valence-electron chi connectivity index (χ2n) is 3.93. The number of halogens is 2. The van der Waals surface area contributed by atoms with Crippen molar-refractivity contribution in [1.29, 1.82) is 0 Å². The normalized spacial score (nSPS) is 15.8. The maximum absolute atomic E-state index is 6.01. The molecule has 100 valence electrons. The Kier molecular flexibility index (Phi) is 3.97. The molecule has 3 heterocycles. The van der Waals surface area contributed by atoms with Gasteiger partial charge in [0.25, 0.3) is 0 Å². The first-order valence-electron chi connectivity index (χ1n) is 5.71. The van der Waals surface area contributed by atoms with Crippen LogP contribution in [0.5, 0.6) is 0 Å². The molecule has 0 radical (unpaired) electrons. The maximum Gasteiger partial charge on any atom is 0.230 e. The predicted molar refractivity (Wildman–Crippen MR) is 78.9 cm³/mol. The highest BCUT2D eigenvalue weighted by Crippen LogP contribution is 2.32. The number of anilines is 1. The molecule has 1 aliphatic heterocycles. The summed E-state index contributed by atoms with van der Waals surface area (Å²) in [7, 11) is 0. The molecule has 1 fully saturated rings. The largest absolute Gasteiger partial charge is 0.378 e. The molecule has 19 heavy (non-hydrogen) atoms. The fourth-order valence-electron chi connectivity index (χ4n) is 1.80. The zero-order chi connectivity index (χ0) is 13.2. The van der Waals surface area contributed by atoms with Crippen molar-refractivity contribution >= 4 is 44.8 Å². The number of ether oxygens (including phenoxy) is 1. The van der Waals surface area contributed by atoms with Crippen LogP contribution in [0.1, 0.15) is 0 Å². The van der Waals surface area contributed by atoms with E-state index < -0.39 is 0 Å². The first-order chi connectivity index (χ1) is 9.24. The molecule has 0 aromatic carbocycles. The molecule has 0 unspecified atom stereocenters. The SMILES string of the molecule is Clc1nc(-c2sccc2Br)nc(N2CCOCC2)n1. The van der Waals surface area contributed by atoms with E-state index >= 15 is 0 Å². The number of morpholine rings is 1. The van der Waals surface area contributed by atoms with Crippen LogP contribution in [-0.4, -0.2) is 41.3 Å². The third-order valence-corrected chi connectivity index (χ3v) is 4.71. The number of nitrogens with zero attached hydrogens (tertiary/aromatic N) is 4. The number of thiophene rings is 1. The molecule has 8 heteroatoms. The Morgan fingerprint density at radius 2 is 2.05 bits per heavy atom. The number of hydrogen-bond acceptors (Lipinski definition) is 6. The molecule has 1 saturated heterocycles. The van der Waals surface area contributed by atoms with Gasteiger partial charge in [0.05, 0.1) is 18.1 Å². The summed E-state index contributed by atoms with van der Waals surface area (Å²) in [6, 6.07) is 1.96. The molecule has 0 bridgehead atoms. The van der Waals surface area contributed by atoms with Crippen LogP contribution in [0.3, 0.4) is 0 Å². The van der Waals surface area contributed by atoms with Crippen LogP contribution in [0.4, 0.5) is 5.95 Å². The number of hydrogen-bond donors (Lipinski definition) is 0. The van der Waals surface area contributed by atoms with Crippen molar-refractivity contribution in [3.05, 3.63) is 21.2 Å². The Balaban J connectivity index is 1.98. The molecule has 0 saturated carbocycles. The van der Waals surface area contributed by atoms with E-state index in [9.17, 15) is 0 Å². The van der Waals surface area contributed by atoms with Crippen molar-refractivity contribution in [2.75, 3.05) is 31.2 Å². The molecule has 2 aromatic heterocycles. The van der Waals surface area contributed by atoms with E-state index in [1.54, 1.807) is 11.3 Å². The van der Waals surface area contributed by atoms with Gasteiger partial charge in [-0.25, -0.2) is 0 Å². The molecule has 5 nitrogen and oxygen atoms in total. The number of rotatable bonds is 2. The molecule has 0 aliphatic carbocycles. The summed E-state index contributed by atoms with van der Waals surface area (Å²) >= 11 is 11.1. The summed E-state index contributed by atoms with van der Waals surface area (Å²) in [4.78, 5) is 15.9. The van der Waals surface area contributed by atoms with Crippen LogP contribution >= 0.6 is 38.9 Å². The van der Waals surface area contributed by atoms with Crippen molar-refractivity contribution in [3.63, 3.8) is 0 Å². The van der Waals surface area contributed by atoms with Crippen LogP contribution < -0.4 is 4.90 Å². The Labute approximate surface area is 127 Å². The van der Waals surface area contributed by atoms with Crippen molar-refractivity contribution < 1.29 is 4.74 Å². The lowest BCUT2D eigenvalue weighted by molar-refractivity contribution is 0.122. The van der Waals surface area contributed by atoms with Gasteiger partial charge in [-0.3, -0.25) is 0 Å². The monoisotopic (exact) mass is 360 g/mol. The molecule has 0 atom stereocenters. The van der Waals surface area contributed by atoms with Crippen molar-refractivity contribution in [1.82, 2.24) is 15.0 Å². The molecule has 3 rings (SSSR count). The molecule has 0 N–H and O–H groups in total. The van der Waals surface area contributed by atoms with E-state index in [0.29, 0.717) is 25.0 Å². The Morgan fingerprint density at radius 3 is 2.74 bits per heavy atom. The lowest BCUT2D eigenvalue weighted by atomic mass is 10.4. The summed E-state index contributed by atoms with van der Waals surface area (Å²) in [5.74, 6) is 1.21. The fraction of sp³-hybridized carbons (Fsp3) is 0.364. The van der Waals surface area contributed by atoms with Gasteiger partial charge >= 0.3 is 0 Å². The second kappa shape index (κ2) is 5.70. The summed E-state index contributed by atoms with van der Waals surface area (Å²) in [5.41, 5.74) is 0. The van der Waals surface area contributed by atoms with Crippen molar-refractivity contribution in [2.45, 2.75) is 0 Å². The zero-order valence-corrected chi connectivity index (χ0v) is 13.0. The van der Waals surface area contributed by atoms with E-state index in [1.165, 1.54) is 0 Å². The maximum atomic E-state index is 6.01. The quantitative estimate of drug-likeness (QED) is 0.823. The standard InChI is InChI=1S/C11H10BrClN4OS/c12-7-1-6-19-8(7)9-14-10(13)16-11(15-9)17-2-4-18-5-3-17/h1,6H,2-5H2. The lowest BCUT2D eigenvalue weighted by Crippen LogP contribution is -2.37. The van der Waals surface area contributed by atoms with Crippen LogP contribution in [-0.2, 0) is 4.74 Å². The fourth-order valence-corrected chi connectivity index (χ4v) is 3.44. The topological polar surface area (TPSA) is 51.1 Å². The van der Waals surface area contributed by atoms with E-state index in [2.05, 4.69) is 35.8 Å². The minimum atomic E-state index is 0.215.